The van der Waals surface area contributed by atoms with Crippen molar-refractivity contribution in [2.45, 2.75) is 6.92 Å². The van der Waals surface area contributed by atoms with Crippen molar-refractivity contribution in [1.82, 2.24) is 0 Å². The first kappa shape index (κ1) is 9.71. The van der Waals surface area contributed by atoms with Crippen molar-refractivity contribution in [2.75, 3.05) is 11.5 Å². The molecule has 3 nitrogen and oxygen atoms in total. The first-order chi connectivity index (χ1) is 4.61. The average Bonchev–Trinajstić information content (AvgIpc) is 1.84. The van der Waals surface area contributed by atoms with Gasteiger partial charge in [0.1, 0.15) is 5.82 Å². The number of halogens is 1. The minimum absolute atomic E-state index is 0. The monoisotopic (exact) mass is 158 g/mol. The lowest BCUT2D eigenvalue weighted by atomic mass is 10.2. The van der Waals surface area contributed by atoms with E-state index in [4.69, 9.17) is 11.5 Å². The maximum Gasteiger partial charge on any atom is 0.146 e. The second-order valence-electron chi connectivity index (χ2n) is 2.23. The molecule has 0 atom stereocenters. The van der Waals surface area contributed by atoms with Gasteiger partial charge in [0, 0.05) is 5.69 Å². The van der Waals surface area contributed by atoms with Gasteiger partial charge in [-0.1, -0.05) is 0 Å². The van der Waals surface area contributed by atoms with E-state index in [1.54, 1.807) is 6.92 Å². The second-order valence-corrected chi connectivity index (χ2v) is 2.23. The van der Waals surface area contributed by atoms with E-state index in [9.17, 15) is 4.39 Å². The zero-order chi connectivity index (χ0) is 7.72. The number of nitrogens with two attached hydrogens (primary N) is 2. The van der Waals surface area contributed by atoms with Crippen LogP contribution in [0, 0.1) is 12.7 Å². The van der Waals surface area contributed by atoms with Crippen molar-refractivity contribution in [3.8, 4) is 0 Å². The molecule has 0 aliphatic carbocycles. The molecule has 0 saturated heterocycles. The molecule has 0 aromatic heterocycles. The van der Waals surface area contributed by atoms with E-state index in [0.29, 0.717) is 11.3 Å². The van der Waals surface area contributed by atoms with Crippen molar-refractivity contribution in [1.29, 1.82) is 0 Å². The largest absolute Gasteiger partial charge is 0.412 e. The van der Waals surface area contributed by atoms with Crippen molar-refractivity contribution in [2.24, 2.45) is 0 Å². The van der Waals surface area contributed by atoms with Crippen LogP contribution in [-0.4, -0.2) is 5.48 Å². The molecule has 0 spiro atoms. The number of rotatable bonds is 0. The van der Waals surface area contributed by atoms with E-state index in [2.05, 4.69) is 0 Å². The molecule has 0 heterocycles. The standard InChI is InChI=1S/C7H9FN2.H2O/c1-4-2-5(8)7(10)3-6(4)9;/h2-3H,9-10H2,1H3;1H2. The molecule has 0 unspecified atom stereocenters. The van der Waals surface area contributed by atoms with Gasteiger partial charge in [0.15, 0.2) is 0 Å². The van der Waals surface area contributed by atoms with Gasteiger partial charge in [-0.15, -0.1) is 0 Å². The molecule has 0 saturated carbocycles. The summed E-state index contributed by atoms with van der Waals surface area (Å²) < 4.78 is 12.6. The van der Waals surface area contributed by atoms with Crippen LogP contribution >= 0.6 is 0 Å². The van der Waals surface area contributed by atoms with Gasteiger partial charge in [-0.2, -0.15) is 0 Å². The van der Waals surface area contributed by atoms with Crippen LogP contribution in [-0.2, 0) is 0 Å². The van der Waals surface area contributed by atoms with Gasteiger partial charge in [-0.05, 0) is 24.6 Å². The molecule has 62 valence electrons. The Labute approximate surface area is 64.1 Å². The minimum Gasteiger partial charge on any atom is -0.412 e. The first-order valence-electron chi connectivity index (χ1n) is 2.92. The predicted octanol–water partition coefficient (Wildman–Crippen LogP) is 0.474. The zero-order valence-electron chi connectivity index (χ0n) is 6.19. The van der Waals surface area contributed by atoms with E-state index in [1.165, 1.54) is 12.1 Å². The third kappa shape index (κ3) is 1.81. The summed E-state index contributed by atoms with van der Waals surface area (Å²) in [6.07, 6.45) is 0. The highest BCUT2D eigenvalue weighted by atomic mass is 19.1. The van der Waals surface area contributed by atoms with E-state index in [-0.39, 0.29) is 11.2 Å². The summed E-state index contributed by atoms with van der Waals surface area (Å²) in [6, 6.07) is 2.75. The summed E-state index contributed by atoms with van der Waals surface area (Å²) in [5, 5.41) is 0. The number of nitrogen functional groups attached to an aromatic ring is 2. The summed E-state index contributed by atoms with van der Waals surface area (Å²) in [7, 11) is 0. The molecule has 11 heavy (non-hydrogen) atoms. The predicted molar refractivity (Wildman–Crippen MR) is 43.6 cm³/mol. The van der Waals surface area contributed by atoms with Crippen molar-refractivity contribution in [3.05, 3.63) is 23.5 Å². The summed E-state index contributed by atoms with van der Waals surface area (Å²) in [5.41, 5.74) is 12.0. The van der Waals surface area contributed by atoms with Gasteiger partial charge in [-0.3, -0.25) is 0 Å². The molecule has 1 aromatic rings. The fraction of sp³-hybridized carbons (Fsp3) is 0.143. The number of hydrogen-bond acceptors (Lipinski definition) is 2. The molecule has 0 radical (unpaired) electrons. The van der Waals surface area contributed by atoms with Crippen LogP contribution in [0.3, 0.4) is 0 Å². The van der Waals surface area contributed by atoms with Gasteiger partial charge < -0.3 is 16.9 Å². The summed E-state index contributed by atoms with van der Waals surface area (Å²) in [4.78, 5) is 0. The summed E-state index contributed by atoms with van der Waals surface area (Å²) in [5.74, 6) is -0.410. The lowest BCUT2D eigenvalue weighted by molar-refractivity contribution is 0.631. The first-order valence-corrected chi connectivity index (χ1v) is 2.92. The molecule has 6 N–H and O–H groups in total. The lowest BCUT2D eigenvalue weighted by Crippen LogP contribution is -1.96. The fourth-order valence-corrected chi connectivity index (χ4v) is 0.707. The van der Waals surface area contributed by atoms with E-state index in [0.717, 1.165) is 0 Å². The Hall–Kier alpha value is -1.29. The molecule has 0 fully saturated rings. The van der Waals surface area contributed by atoms with Gasteiger partial charge >= 0.3 is 0 Å². The highest BCUT2D eigenvalue weighted by Crippen LogP contribution is 2.17. The molecule has 1 rings (SSSR count). The quantitative estimate of drug-likeness (QED) is 0.538. The third-order valence-electron chi connectivity index (χ3n) is 1.39. The highest BCUT2D eigenvalue weighted by molar-refractivity contribution is 5.56. The Morgan fingerprint density at radius 3 is 2.18 bits per heavy atom. The van der Waals surface area contributed by atoms with Crippen LogP contribution in [0.2, 0.25) is 0 Å². The number of hydrogen-bond donors (Lipinski definition) is 2. The maximum atomic E-state index is 12.6. The Kier molecular flexibility index (Phi) is 2.83. The summed E-state index contributed by atoms with van der Waals surface area (Å²) in [6.45, 7) is 1.73. The van der Waals surface area contributed by atoms with Gasteiger partial charge in [0.05, 0.1) is 5.69 Å². The van der Waals surface area contributed by atoms with Crippen LogP contribution in [0.5, 0.6) is 0 Å². The molecular weight excluding hydrogens is 147 g/mol. The molecule has 1 aromatic carbocycles. The topological polar surface area (TPSA) is 83.5 Å². The van der Waals surface area contributed by atoms with Gasteiger partial charge in [0.2, 0.25) is 0 Å². The van der Waals surface area contributed by atoms with E-state index < -0.39 is 5.82 Å². The second kappa shape index (κ2) is 3.21. The molecule has 0 aliphatic rings. The van der Waals surface area contributed by atoms with Crippen LogP contribution in [0.25, 0.3) is 0 Å². The lowest BCUT2D eigenvalue weighted by Gasteiger charge is -2.01. The Bertz CT molecular complexity index is 213. The fourth-order valence-electron chi connectivity index (χ4n) is 0.707. The Morgan fingerprint density at radius 1 is 1.18 bits per heavy atom. The normalized spacial score (nSPS) is 8.91. The van der Waals surface area contributed by atoms with Gasteiger partial charge in [-0.25, -0.2) is 4.39 Å². The highest BCUT2D eigenvalue weighted by Gasteiger charge is 1.99. The Balaban J connectivity index is 0.000001000. The van der Waals surface area contributed by atoms with Crippen molar-refractivity contribution < 1.29 is 9.87 Å². The molecule has 4 heteroatoms. The van der Waals surface area contributed by atoms with Crippen LogP contribution in [0.4, 0.5) is 15.8 Å². The SMILES string of the molecule is Cc1cc(F)c(N)cc1N.O. The van der Waals surface area contributed by atoms with Crippen LogP contribution in [0.1, 0.15) is 5.56 Å². The van der Waals surface area contributed by atoms with E-state index >= 15 is 0 Å². The van der Waals surface area contributed by atoms with Crippen molar-refractivity contribution in [3.63, 3.8) is 0 Å². The summed E-state index contributed by atoms with van der Waals surface area (Å²) >= 11 is 0. The molecular formula is C7H11FN2O. The Morgan fingerprint density at radius 2 is 1.73 bits per heavy atom. The smallest absolute Gasteiger partial charge is 0.146 e. The number of benzene rings is 1. The molecule has 0 amide bonds. The van der Waals surface area contributed by atoms with Crippen LogP contribution in [0.15, 0.2) is 12.1 Å². The number of anilines is 2. The molecule has 0 bridgehead atoms. The average molecular weight is 158 g/mol. The third-order valence-corrected chi connectivity index (χ3v) is 1.39. The van der Waals surface area contributed by atoms with Gasteiger partial charge in [0.25, 0.3) is 0 Å². The minimum atomic E-state index is -0.410. The zero-order valence-corrected chi connectivity index (χ0v) is 6.19. The maximum absolute atomic E-state index is 12.6. The van der Waals surface area contributed by atoms with E-state index in [1.807, 2.05) is 0 Å². The van der Waals surface area contributed by atoms with Crippen molar-refractivity contribution >= 4 is 11.4 Å². The molecule has 0 aliphatic heterocycles. The number of aryl methyl sites for hydroxylation is 1. The van der Waals surface area contributed by atoms with Crippen LogP contribution < -0.4 is 11.5 Å².